The zero-order valence-electron chi connectivity index (χ0n) is 13.7. The van der Waals surface area contributed by atoms with Gasteiger partial charge in [0.05, 0.1) is 26.2 Å². The minimum absolute atomic E-state index is 0.0351. The third-order valence-electron chi connectivity index (χ3n) is 3.52. The second-order valence-corrected chi connectivity index (χ2v) is 7.95. The van der Waals surface area contributed by atoms with Crippen LogP contribution in [-0.4, -0.2) is 19.3 Å². The molecule has 0 fully saturated rings. The molecule has 1 aromatic heterocycles. The quantitative estimate of drug-likeness (QED) is 0.636. The molecule has 6 nitrogen and oxygen atoms in total. The van der Waals surface area contributed by atoms with Crippen molar-refractivity contribution in [2.45, 2.75) is 4.90 Å². The van der Waals surface area contributed by atoms with Gasteiger partial charge in [-0.3, -0.25) is 14.5 Å². The zero-order chi connectivity index (χ0) is 19.4. The molecule has 0 atom stereocenters. The third kappa shape index (κ3) is 4.77. The highest BCUT2D eigenvalue weighted by Crippen LogP contribution is 2.26. The lowest BCUT2D eigenvalue weighted by Gasteiger charge is -2.10. The van der Waals surface area contributed by atoms with Crippen molar-refractivity contribution in [1.82, 2.24) is 4.98 Å². The van der Waals surface area contributed by atoms with Crippen molar-refractivity contribution in [3.63, 3.8) is 0 Å². The molecule has 0 bridgehead atoms. The third-order valence-corrected chi connectivity index (χ3v) is 5.65. The normalized spacial score (nSPS) is 11.0. The lowest BCUT2D eigenvalue weighted by atomic mass is 10.2. The van der Waals surface area contributed by atoms with Gasteiger partial charge in [0.1, 0.15) is 0 Å². The predicted octanol–water partition coefficient (Wildman–Crippen LogP) is 4.44. The number of nitrogens with one attached hydrogen (secondary N) is 2. The molecule has 9 heteroatoms. The molecule has 2 N–H and O–H groups in total. The second kappa shape index (κ2) is 7.96. The number of amides is 1. The van der Waals surface area contributed by atoms with Crippen molar-refractivity contribution in [1.29, 1.82) is 0 Å². The van der Waals surface area contributed by atoms with Crippen LogP contribution in [0.15, 0.2) is 71.9 Å². The first kappa shape index (κ1) is 19.2. The summed E-state index contributed by atoms with van der Waals surface area (Å²) in [5, 5.41) is 3.24. The van der Waals surface area contributed by atoms with E-state index in [1.165, 1.54) is 48.7 Å². The summed E-state index contributed by atoms with van der Waals surface area (Å²) in [6.07, 6.45) is 3.01. The van der Waals surface area contributed by atoms with Crippen molar-refractivity contribution in [2.24, 2.45) is 0 Å². The number of benzene rings is 2. The lowest BCUT2D eigenvalue weighted by molar-refractivity contribution is 0.102. The molecule has 0 spiro atoms. The number of pyridine rings is 1. The van der Waals surface area contributed by atoms with Crippen molar-refractivity contribution >= 4 is 50.5 Å². The fourth-order valence-corrected chi connectivity index (χ4v) is 3.54. The summed E-state index contributed by atoms with van der Waals surface area (Å²) in [4.78, 5) is 16.0. The van der Waals surface area contributed by atoms with Crippen molar-refractivity contribution < 1.29 is 13.2 Å². The smallest absolute Gasteiger partial charge is 0.261 e. The van der Waals surface area contributed by atoms with Crippen LogP contribution in [-0.2, 0) is 10.0 Å². The van der Waals surface area contributed by atoms with E-state index in [1.807, 2.05) is 0 Å². The number of aromatic nitrogens is 1. The Morgan fingerprint density at radius 1 is 0.926 bits per heavy atom. The average molecular weight is 422 g/mol. The highest BCUT2D eigenvalue weighted by molar-refractivity contribution is 7.92. The molecule has 0 aliphatic rings. The number of carbonyl (C=O) groups excluding carboxylic acids is 1. The van der Waals surface area contributed by atoms with E-state index in [1.54, 1.807) is 18.3 Å². The van der Waals surface area contributed by atoms with Crippen LogP contribution >= 0.6 is 23.2 Å². The van der Waals surface area contributed by atoms with Gasteiger partial charge in [0.15, 0.2) is 0 Å². The van der Waals surface area contributed by atoms with Crippen LogP contribution in [0.4, 0.5) is 11.4 Å². The lowest BCUT2D eigenvalue weighted by Crippen LogP contribution is -2.14. The number of anilines is 2. The monoisotopic (exact) mass is 421 g/mol. The Bertz CT molecular complexity index is 1070. The van der Waals surface area contributed by atoms with E-state index in [0.717, 1.165) is 0 Å². The fraction of sp³-hybridized carbons (Fsp3) is 0. The number of nitrogens with zero attached hydrogens (tertiary/aromatic N) is 1. The van der Waals surface area contributed by atoms with E-state index in [9.17, 15) is 13.2 Å². The molecule has 0 radical (unpaired) electrons. The molecule has 27 heavy (non-hydrogen) atoms. The van der Waals surface area contributed by atoms with Gasteiger partial charge in [-0.25, -0.2) is 8.42 Å². The Morgan fingerprint density at radius 2 is 1.63 bits per heavy atom. The van der Waals surface area contributed by atoms with E-state index in [4.69, 9.17) is 23.2 Å². The molecule has 1 heterocycles. The maximum absolute atomic E-state index is 12.5. The van der Waals surface area contributed by atoms with Gasteiger partial charge in [-0.15, -0.1) is 0 Å². The summed E-state index contributed by atoms with van der Waals surface area (Å²) in [6, 6.07) is 13.5. The van der Waals surface area contributed by atoms with Gasteiger partial charge in [0.25, 0.3) is 15.9 Å². The van der Waals surface area contributed by atoms with Crippen LogP contribution in [0.5, 0.6) is 0 Å². The Hall–Kier alpha value is -2.61. The molecule has 1 amide bonds. The maximum Gasteiger partial charge on any atom is 0.261 e. The van der Waals surface area contributed by atoms with Gasteiger partial charge in [-0.1, -0.05) is 23.2 Å². The Labute approximate surface area is 166 Å². The number of carbonyl (C=O) groups is 1. The highest BCUT2D eigenvalue weighted by Gasteiger charge is 2.15. The molecule has 3 rings (SSSR count). The first-order valence-corrected chi connectivity index (χ1v) is 9.88. The molecule has 138 valence electrons. The van der Waals surface area contributed by atoms with E-state index in [0.29, 0.717) is 22.0 Å². The Kier molecular flexibility index (Phi) is 5.65. The SMILES string of the molecule is O=C(Nc1ccc(S(=O)(=O)Nc2ccc(Cl)c(Cl)c2)cc1)c1cccnc1. The summed E-state index contributed by atoms with van der Waals surface area (Å²) >= 11 is 11.7. The van der Waals surface area contributed by atoms with Crippen LogP contribution in [0.1, 0.15) is 10.4 Å². The largest absolute Gasteiger partial charge is 0.322 e. The van der Waals surface area contributed by atoms with Crippen molar-refractivity contribution in [3.8, 4) is 0 Å². The van der Waals surface area contributed by atoms with E-state index in [2.05, 4.69) is 15.0 Å². The maximum atomic E-state index is 12.5. The van der Waals surface area contributed by atoms with Crippen molar-refractivity contribution in [2.75, 3.05) is 10.0 Å². The summed E-state index contributed by atoms with van der Waals surface area (Å²) in [7, 11) is -3.81. The molecule has 3 aromatic rings. The molecule has 0 aliphatic heterocycles. The first-order chi connectivity index (χ1) is 12.8. The van der Waals surface area contributed by atoms with Gasteiger partial charge in [0.2, 0.25) is 0 Å². The summed E-state index contributed by atoms with van der Waals surface area (Å²) in [5.74, 6) is -0.340. The minimum Gasteiger partial charge on any atom is -0.322 e. The standard InChI is InChI=1S/C18H13Cl2N3O3S/c19-16-8-5-14(10-17(16)20)23-27(25,26)15-6-3-13(4-7-15)22-18(24)12-2-1-9-21-11-12/h1-11,23H,(H,22,24). The summed E-state index contributed by atoms with van der Waals surface area (Å²) in [6.45, 7) is 0. The van der Waals surface area contributed by atoms with Crippen LogP contribution in [0, 0.1) is 0 Å². The van der Waals surface area contributed by atoms with Gasteiger partial charge >= 0.3 is 0 Å². The molecular weight excluding hydrogens is 409 g/mol. The number of halogens is 2. The minimum atomic E-state index is -3.81. The molecule has 0 unspecified atom stereocenters. The number of hydrogen-bond donors (Lipinski definition) is 2. The van der Waals surface area contributed by atoms with E-state index < -0.39 is 10.0 Å². The fourth-order valence-electron chi connectivity index (χ4n) is 2.19. The zero-order valence-corrected chi connectivity index (χ0v) is 16.0. The van der Waals surface area contributed by atoms with E-state index >= 15 is 0 Å². The Balaban J connectivity index is 1.73. The van der Waals surface area contributed by atoms with Gasteiger partial charge in [-0.05, 0) is 54.6 Å². The molecule has 0 saturated carbocycles. The number of rotatable bonds is 5. The van der Waals surface area contributed by atoms with Crippen LogP contribution in [0.2, 0.25) is 10.0 Å². The highest BCUT2D eigenvalue weighted by atomic mass is 35.5. The first-order valence-electron chi connectivity index (χ1n) is 7.64. The van der Waals surface area contributed by atoms with Gasteiger partial charge < -0.3 is 5.32 Å². The Morgan fingerprint density at radius 3 is 2.26 bits per heavy atom. The van der Waals surface area contributed by atoms with Gasteiger partial charge in [-0.2, -0.15) is 0 Å². The van der Waals surface area contributed by atoms with Crippen LogP contribution in [0.25, 0.3) is 0 Å². The van der Waals surface area contributed by atoms with Crippen LogP contribution < -0.4 is 10.0 Å². The molecule has 2 aromatic carbocycles. The topological polar surface area (TPSA) is 88.2 Å². The average Bonchev–Trinajstić information content (AvgIpc) is 2.66. The molecular formula is C18H13Cl2N3O3S. The molecule has 0 aliphatic carbocycles. The second-order valence-electron chi connectivity index (χ2n) is 5.45. The predicted molar refractivity (Wildman–Crippen MR) is 106 cm³/mol. The van der Waals surface area contributed by atoms with Crippen LogP contribution in [0.3, 0.4) is 0 Å². The summed E-state index contributed by atoms with van der Waals surface area (Å²) in [5.41, 5.74) is 1.14. The number of sulfonamides is 1. The van der Waals surface area contributed by atoms with Crippen molar-refractivity contribution in [3.05, 3.63) is 82.6 Å². The summed E-state index contributed by atoms with van der Waals surface area (Å²) < 4.78 is 27.4. The van der Waals surface area contributed by atoms with Gasteiger partial charge in [0, 0.05) is 18.1 Å². The number of hydrogen-bond acceptors (Lipinski definition) is 4. The van der Waals surface area contributed by atoms with E-state index in [-0.39, 0.29) is 15.8 Å². The molecule has 0 saturated heterocycles.